The van der Waals surface area contributed by atoms with E-state index in [2.05, 4.69) is 6.92 Å². The molecule has 1 rings (SSSR count). The lowest BCUT2D eigenvalue weighted by Gasteiger charge is -2.08. The van der Waals surface area contributed by atoms with Crippen molar-refractivity contribution in [3.05, 3.63) is 18.2 Å². The number of benzene rings is 1. The molecule has 0 fully saturated rings. The Bertz CT molecular complexity index is 287. The predicted octanol–water partition coefficient (Wildman–Crippen LogP) is 2.46. The summed E-state index contributed by atoms with van der Waals surface area (Å²) in [5.74, 6) is 1.48. The van der Waals surface area contributed by atoms with Crippen LogP contribution in [0.4, 0.5) is 5.69 Å². The molecule has 0 unspecified atom stereocenters. The number of nitrogens with two attached hydrogens (primary N) is 1. The van der Waals surface area contributed by atoms with Gasteiger partial charge in [0.25, 0.3) is 0 Å². The number of hydrogen-bond acceptors (Lipinski definition) is 3. The molecule has 14 heavy (non-hydrogen) atoms. The molecule has 0 heterocycles. The summed E-state index contributed by atoms with van der Waals surface area (Å²) in [6, 6.07) is 5.46. The van der Waals surface area contributed by atoms with Crippen LogP contribution in [0.15, 0.2) is 18.2 Å². The number of methoxy groups -OCH3 is 1. The molecule has 0 aliphatic carbocycles. The molecule has 0 atom stereocenters. The maximum atomic E-state index is 5.67. The Morgan fingerprint density at radius 2 is 2.14 bits per heavy atom. The van der Waals surface area contributed by atoms with Crippen LogP contribution in [0.2, 0.25) is 0 Å². The second kappa shape index (κ2) is 5.37. The minimum atomic E-state index is 0.635. The number of unbranched alkanes of at least 4 members (excludes halogenated alkanes) is 1. The fourth-order valence-electron chi connectivity index (χ4n) is 1.12. The van der Waals surface area contributed by atoms with E-state index in [1.165, 1.54) is 0 Å². The molecule has 3 heteroatoms. The number of rotatable bonds is 5. The van der Waals surface area contributed by atoms with Gasteiger partial charge in [-0.1, -0.05) is 13.3 Å². The Morgan fingerprint density at radius 3 is 2.79 bits per heavy atom. The largest absolute Gasteiger partial charge is 0.494 e. The Balaban J connectivity index is 2.60. The Hall–Kier alpha value is -1.38. The first-order chi connectivity index (χ1) is 6.77. The van der Waals surface area contributed by atoms with Gasteiger partial charge in [-0.05, 0) is 18.6 Å². The van der Waals surface area contributed by atoms with Crippen molar-refractivity contribution < 1.29 is 9.47 Å². The third kappa shape index (κ3) is 2.83. The maximum Gasteiger partial charge on any atom is 0.145 e. The molecule has 1 aromatic carbocycles. The lowest BCUT2D eigenvalue weighted by molar-refractivity contribution is 0.307. The van der Waals surface area contributed by atoms with Crippen molar-refractivity contribution in [1.29, 1.82) is 0 Å². The van der Waals surface area contributed by atoms with Crippen LogP contribution < -0.4 is 15.2 Å². The van der Waals surface area contributed by atoms with E-state index in [-0.39, 0.29) is 0 Å². The zero-order chi connectivity index (χ0) is 10.4. The maximum absolute atomic E-state index is 5.67. The van der Waals surface area contributed by atoms with Crippen LogP contribution in [0.25, 0.3) is 0 Å². The first-order valence-corrected chi connectivity index (χ1v) is 4.84. The first-order valence-electron chi connectivity index (χ1n) is 4.84. The van der Waals surface area contributed by atoms with Crippen molar-refractivity contribution in [3.63, 3.8) is 0 Å². The van der Waals surface area contributed by atoms with Gasteiger partial charge in [-0.25, -0.2) is 0 Å². The summed E-state index contributed by atoms with van der Waals surface area (Å²) in [4.78, 5) is 0. The molecule has 0 aromatic heterocycles. The molecular weight excluding hydrogens is 178 g/mol. The zero-order valence-corrected chi connectivity index (χ0v) is 8.75. The van der Waals surface area contributed by atoms with Crippen LogP contribution in [0.1, 0.15) is 19.8 Å². The predicted molar refractivity (Wildman–Crippen MR) is 57.8 cm³/mol. The number of hydrogen-bond donors (Lipinski definition) is 1. The lowest BCUT2D eigenvalue weighted by Crippen LogP contribution is -1.98. The van der Waals surface area contributed by atoms with Crippen molar-refractivity contribution in [1.82, 2.24) is 0 Å². The summed E-state index contributed by atoms with van der Waals surface area (Å²) in [5, 5.41) is 0. The highest BCUT2D eigenvalue weighted by Gasteiger charge is 2.00. The highest BCUT2D eigenvalue weighted by atomic mass is 16.5. The quantitative estimate of drug-likeness (QED) is 0.579. The van der Waals surface area contributed by atoms with Gasteiger partial charge in [-0.15, -0.1) is 0 Å². The molecule has 0 spiro atoms. The molecule has 0 bridgehead atoms. The molecular formula is C11H17NO2. The van der Waals surface area contributed by atoms with E-state index < -0.39 is 0 Å². The molecule has 0 amide bonds. The SMILES string of the molecule is CCCCOc1ccc(N)c(OC)c1. The monoisotopic (exact) mass is 195 g/mol. The van der Waals surface area contributed by atoms with Gasteiger partial charge in [-0.3, -0.25) is 0 Å². The topological polar surface area (TPSA) is 44.5 Å². The van der Waals surface area contributed by atoms with E-state index in [0.717, 1.165) is 25.2 Å². The van der Waals surface area contributed by atoms with Gasteiger partial charge in [0, 0.05) is 6.07 Å². The van der Waals surface area contributed by atoms with Gasteiger partial charge in [0.15, 0.2) is 0 Å². The van der Waals surface area contributed by atoms with E-state index in [4.69, 9.17) is 15.2 Å². The average Bonchev–Trinajstić information content (AvgIpc) is 2.21. The van der Waals surface area contributed by atoms with Gasteiger partial charge in [-0.2, -0.15) is 0 Å². The van der Waals surface area contributed by atoms with Crippen molar-refractivity contribution >= 4 is 5.69 Å². The van der Waals surface area contributed by atoms with Crippen LogP contribution >= 0.6 is 0 Å². The molecule has 1 aromatic rings. The van der Waals surface area contributed by atoms with Crippen molar-refractivity contribution in [3.8, 4) is 11.5 Å². The fraction of sp³-hybridized carbons (Fsp3) is 0.455. The van der Waals surface area contributed by atoms with Gasteiger partial charge >= 0.3 is 0 Å². The van der Waals surface area contributed by atoms with Crippen molar-refractivity contribution in [2.24, 2.45) is 0 Å². The third-order valence-corrected chi connectivity index (χ3v) is 1.97. The summed E-state index contributed by atoms with van der Waals surface area (Å²) >= 11 is 0. The molecule has 0 saturated heterocycles. The van der Waals surface area contributed by atoms with Crippen LogP contribution in [0.3, 0.4) is 0 Å². The van der Waals surface area contributed by atoms with E-state index >= 15 is 0 Å². The number of nitrogen functional groups attached to an aromatic ring is 1. The molecule has 0 saturated carbocycles. The van der Waals surface area contributed by atoms with Gasteiger partial charge in [0.1, 0.15) is 11.5 Å². The number of ether oxygens (including phenoxy) is 2. The van der Waals surface area contributed by atoms with E-state index in [1.807, 2.05) is 12.1 Å². The average molecular weight is 195 g/mol. The molecule has 0 radical (unpaired) electrons. The van der Waals surface area contributed by atoms with Crippen LogP contribution in [-0.4, -0.2) is 13.7 Å². The first kappa shape index (κ1) is 10.7. The van der Waals surface area contributed by atoms with E-state index in [9.17, 15) is 0 Å². The summed E-state index contributed by atoms with van der Waals surface area (Å²) in [7, 11) is 1.60. The summed E-state index contributed by atoms with van der Waals surface area (Å²) in [6.07, 6.45) is 2.19. The number of anilines is 1. The van der Waals surface area contributed by atoms with E-state index in [1.54, 1.807) is 13.2 Å². The Kier molecular flexibility index (Phi) is 4.11. The second-order valence-electron chi connectivity index (χ2n) is 3.11. The standard InChI is InChI=1S/C11H17NO2/c1-3-4-7-14-9-5-6-10(12)11(8-9)13-2/h5-6,8H,3-4,7,12H2,1-2H3. The molecule has 78 valence electrons. The summed E-state index contributed by atoms with van der Waals surface area (Å²) in [5.41, 5.74) is 6.31. The minimum absolute atomic E-state index is 0.635. The Morgan fingerprint density at radius 1 is 1.36 bits per heavy atom. The van der Waals surface area contributed by atoms with Crippen LogP contribution in [-0.2, 0) is 0 Å². The van der Waals surface area contributed by atoms with Crippen molar-refractivity contribution in [2.45, 2.75) is 19.8 Å². The van der Waals surface area contributed by atoms with Gasteiger partial charge < -0.3 is 15.2 Å². The smallest absolute Gasteiger partial charge is 0.145 e. The zero-order valence-electron chi connectivity index (χ0n) is 8.75. The molecule has 0 aliphatic heterocycles. The molecule has 3 nitrogen and oxygen atoms in total. The fourth-order valence-corrected chi connectivity index (χ4v) is 1.12. The normalized spacial score (nSPS) is 9.86. The molecule has 0 aliphatic rings. The summed E-state index contributed by atoms with van der Waals surface area (Å²) in [6.45, 7) is 2.87. The van der Waals surface area contributed by atoms with Crippen LogP contribution in [0.5, 0.6) is 11.5 Å². The third-order valence-electron chi connectivity index (χ3n) is 1.97. The van der Waals surface area contributed by atoms with Gasteiger partial charge in [0.05, 0.1) is 19.4 Å². The highest BCUT2D eigenvalue weighted by molar-refractivity contribution is 5.55. The van der Waals surface area contributed by atoms with E-state index in [0.29, 0.717) is 11.4 Å². The minimum Gasteiger partial charge on any atom is -0.494 e. The lowest BCUT2D eigenvalue weighted by atomic mass is 10.3. The highest BCUT2D eigenvalue weighted by Crippen LogP contribution is 2.26. The second-order valence-corrected chi connectivity index (χ2v) is 3.11. The van der Waals surface area contributed by atoms with Crippen molar-refractivity contribution in [2.75, 3.05) is 19.5 Å². The summed E-state index contributed by atoms with van der Waals surface area (Å²) < 4.78 is 10.6. The van der Waals surface area contributed by atoms with Gasteiger partial charge in [0.2, 0.25) is 0 Å². The van der Waals surface area contributed by atoms with Crippen LogP contribution in [0, 0.1) is 0 Å². The Labute approximate surface area is 84.8 Å². The molecule has 2 N–H and O–H groups in total.